The molecule has 2 nitrogen and oxygen atoms in total. The van der Waals surface area contributed by atoms with Crippen molar-refractivity contribution >= 4 is 6.21 Å². The summed E-state index contributed by atoms with van der Waals surface area (Å²) in [7, 11) is 0. The standard InChI is InChI=1S/C7H16N2/c1-2-3-4-6-9-7-5-8/h6H,2-5,7-8H2,1H3. The first-order chi connectivity index (χ1) is 4.41. The van der Waals surface area contributed by atoms with Gasteiger partial charge in [0.25, 0.3) is 0 Å². The van der Waals surface area contributed by atoms with Crippen LogP contribution in [0.2, 0.25) is 0 Å². The third-order valence-corrected chi connectivity index (χ3v) is 1.07. The van der Waals surface area contributed by atoms with Gasteiger partial charge in [-0.25, -0.2) is 0 Å². The number of aliphatic imine (C=N–C) groups is 1. The van der Waals surface area contributed by atoms with Crippen LogP contribution in [0, 0.1) is 0 Å². The normalized spacial score (nSPS) is 10.9. The Hall–Kier alpha value is -0.370. The monoisotopic (exact) mass is 128 g/mol. The van der Waals surface area contributed by atoms with E-state index in [0.29, 0.717) is 6.54 Å². The van der Waals surface area contributed by atoms with E-state index in [2.05, 4.69) is 11.9 Å². The van der Waals surface area contributed by atoms with Crippen LogP contribution >= 0.6 is 0 Å². The minimum Gasteiger partial charge on any atom is -0.329 e. The van der Waals surface area contributed by atoms with Crippen molar-refractivity contribution in [3.63, 3.8) is 0 Å². The second-order valence-electron chi connectivity index (χ2n) is 2.02. The molecule has 0 amide bonds. The van der Waals surface area contributed by atoms with Gasteiger partial charge in [0.15, 0.2) is 0 Å². The SMILES string of the molecule is CCCCC=NCCN. The highest BCUT2D eigenvalue weighted by molar-refractivity contribution is 5.56. The van der Waals surface area contributed by atoms with Crippen LogP contribution in [-0.4, -0.2) is 19.3 Å². The van der Waals surface area contributed by atoms with Crippen molar-refractivity contribution in [3.05, 3.63) is 0 Å². The number of hydrogen-bond donors (Lipinski definition) is 1. The molecule has 0 atom stereocenters. The van der Waals surface area contributed by atoms with Gasteiger partial charge in [-0.05, 0) is 19.1 Å². The van der Waals surface area contributed by atoms with Crippen molar-refractivity contribution in [2.75, 3.05) is 13.1 Å². The Morgan fingerprint density at radius 1 is 1.56 bits per heavy atom. The summed E-state index contributed by atoms with van der Waals surface area (Å²) in [6.07, 6.45) is 5.57. The molecule has 0 aromatic heterocycles. The molecule has 0 aliphatic heterocycles. The molecule has 0 spiro atoms. The fourth-order valence-corrected chi connectivity index (χ4v) is 0.553. The zero-order valence-electron chi connectivity index (χ0n) is 6.14. The van der Waals surface area contributed by atoms with E-state index in [1.54, 1.807) is 0 Å². The van der Waals surface area contributed by atoms with Gasteiger partial charge in [0.05, 0.1) is 6.54 Å². The van der Waals surface area contributed by atoms with Gasteiger partial charge in [-0.2, -0.15) is 0 Å². The average molecular weight is 128 g/mol. The summed E-state index contributed by atoms with van der Waals surface area (Å²) in [5.74, 6) is 0. The van der Waals surface area contributed by atoms with Gasteiger partial charge >= 0.3 is 0 Å². The van der Waals surface area contributed by atoms with E-state index in [0.717, 1.165) is 13.0 Å². The van der Waals surface area contributed by atoms with Gasteiger partial charge in [-0.1, -0.05) is 13.3 Å². The molecule has 0 saturated carbocycles. The van der Waals surface area contributed by atoms with Crippen molar-refractivity contribution in [2.45, 2.75) is 26.2 Å². The molecule has 0 aliphatic rings. The number of hydrogen-bond acceptors (Lipinski definition) is 2. The first-order valence-corrected chi connectivity index (χ1v) is 3.60. The zero-order valence-corrected chi connectivity index (χ0v) is 6.14. The van der Waals surface area contributed by atoms with Crippen LogP contribution in [0.3, 0.4) is 0 Å². The second kappa shape index (κ2) is 7.63. The maximum absolute atomic E-state index is 5.23. The Labute approximate surface area is 57.2 Å². The van der Waals surface area contributed by atoms with Gasteiger partial charge < -0.3 is 5.73 Å². The number of rotatable bonds is 5. The summed E-state index contributed by atoms with van der Waals surface area (Å²) in [5.41, 5.74) is 5.23. The van der Waals surface area contributed by atoms with Crippen molar-refractivity contribution in [1.29, 1.82) is 0 Å². The highest BCUT2D eigenvalue weighted by Crippen LogP contribution is 1.88. The van der Waals surface area contributed by atoms with Crippen LogP contribution in [0.25, 0.3) is 0 Å². The lowest BCUT2D eigenvalue weighted by atomic mass is 10.3. The molecule has 0 fully saturated rings. The van der Waals surface area contributed by atoms with Crippen LogP contribution in [-0.2, 0) is 0 Å². The number of unbranched alkanes of at least 4 members (excludes halogenated alkanes) is 2. The topological polar surface area (TPSA) is 38.4 Å². The molecule has 2 heteroatoms. The van der Waals surface area contributed by atoms with Crippen LogP contribution in [0.15, 0.2) is 4.99 Å². The molecule has 2 N–H and O–H groups in total. The Kier molecular flexibility index (Phi) is 7.32. The van der Waals surface area contributed by atoms with Gasteiger partial charge in [0.1, 0.15) is 0 Å². The van der Waals surface area contributed by atoms with E-state index >= 15 is 0 Å². The Bertz CT molecular complexity index is 69.3. The highest BCUT2D eigenvalue weighted by atomic mass is 14.7. The highest BCUT2D eigenvalue weighted by Gasteiger charge is 1.77. The minimum atomic E-state index is 0.669. The molecule has 0 aromatic carbocycles. The van der Waals surface area contributed by atoms with Gasteiger partial charge in [0.2, 0.25) is 0 Å². The molecule has 0 bridgehead atoms. The summed E-state index contributed by atoms with van der Waals surface area (Å²) < 4.78 is 0. The van der Waals surface area contributed by atoms with Crippen LogP contribution in [0.5, 0.6) is 0 Å². The fraction of sp³-hybridized carbons (Fsp3) is 0.857. The first-order valence-electron chi connectivity index (χ1n) is 3.60. The summed E-state index contributed by atoms with van der Waals surface area (Å²) in [6, 6.07) is 0. The van der Waals surface area contributed by atoms with Gasteiger partial charge in [-0.15, -0.1) is 0 Å². The molecule has 0 radical (unpaired) electrons. The molecule has 0 saturated heterocycles. The smallest absolute Gasteiger partial charge is 0.0508 e. The fourth-order valence-electron chi connectivity index (χ4n) is 0.553. The second-order valence-corrected chi connectivity index (χ2v) is 2.02. The average Bonchev–Trinajstić information content (AvgIpc) is 1.89. The lowest BCUT2D eigenvalue weighted by Gasteiger charge is -1.87. The number of nitrogens with two attached hydrogens (primary N) is 1. The summed E-state index contributed by atoms with van der Waals surface area (Å²) in [6.45, 7) is 3.63. The van der Waals surface area contributed by atoms with Crippen molar-refractivity contribution in [3.8, 4) is 0 Å². The molecule has 0 heterocycles. The Morgan fingerprint density at radius 2 is 2.33 bits per heavy atom. The largest absolute Gasteiger partial charge is 0.329 e. The van der Waals surface area contributed by atoms with E-state index in [1.165, 1.54) is 12.8 Å². The van der Waals surface area contributed by atoms with Crippen molar-refractivity contribution < 1.29 is 0 Å². The lowest BCUT2D eigenvalue weighted by molar-refractivity contribution is 0.838. The van der Waals surface area contributed by atoms with E-state index < -0.39 is 0 Å². The lowest BCUT2D eigenvalue weighted by Crippen LogP contribution is -2.01. The van der Waals surface area contributed by atoms with Crippen LogP contribution in [0.1, 0.15) is 26.2 Å². The molecule has 0 aromatic rings. The summed E-state index contributed by atoms with van der Waals surface area (Å²) >= 11 is 0. The summed E-state index contributed by atoms with van der Waals surface area (Å²) in [4.78, 5) is 4.08. The Morgan fingerprint density at radius 3 is 2.89 bits per heavy atom. The molecule has 0 rings (SSSR count). The minimum absolute atomic E-state index is 0.669. The van der Waals surface area contributed by atoms with Gasteiger partial charge in [0, 0.05) is 6.54 Å². The first kappa shape index (κ1) is 8.63. The van der Waals surface area contributed by atoms with E-state index in [1.807, 2.05) is 6.21 Å². The molecule has 9 heavy (non-hydrogen) atoms. The Balaban J connectivity index is 2.86. The third-order valence-electron chi connectivity index (χ3n) is 1.07. The quantitative estimate of drug-likeness (QED) is 0.438. The maximum Gasteiger partial charge on any atom is 0.0508 e. The predicted molar refractivity (Wildman–Crippen MR) is 41.9 cm³/mol. The van der Waals surface area contributed by atoms with Gasteiger partial charge in [-0.3, -0.25) is 4.99 Å². The predicted octanol–water partition coefficient (Wildman–Crippen LogP) is 1.21. The molecule has 0 unspecified atom stereocenters. The molecule has 54 valence electrons. The molecular formula is C7H16N2. The van der Waals surface area contributed by atoms with Crippen LogP contribution < -0.4 is 5.73 Å². The van der Waals surface area contributed by atoms with Crippen LogP contribution in [0.4, 0.5) is 0 Å². The van der Waals surface area contributed by atoms with E-state index in [4.69, 9.17) is 5.73 Å². The van der Waals surface area contributed by atoms with Crippen molar-refractivity contribution in [1.82, 2.24) is 0 Å². The zero-order chi connectivity index (χ0) is 6.95. The molecular weight excluding hydrogens is 112 g/mol. The maximum atomic E-state index is 5.23. The molecule has 0 aliphatic carbocycles. The van der Waals surface area contributed by atoms with Crippen molar-refractivity contribution in [2.24, 2.45) is 10.7 Å². The number of nitrogens with zero attached hydrogens (tertiary/aromatic N) is 1. The third kappa shape index (κ3) is 7.63. The summed E-state index contributed by atoms with van der Waals surface area (Å²) in [5, 5.41) is 0. The van der Waals surface area contributed by atoms with E-state index in [9.17, 15) is 0 Å². The van der Waals surface area contributed by atoms with E-state index in [-0.39, 0.29) is 0 Å².